The molecule has 0 fully saturated rings. The van der Waals surface area contributed by atoms with Gasteiger partial charge in [-0.25, -0.2) is 8.42 Å². The summed E-state index contributed by atoms with van der Waals surface area (Å²) in [4.78, 5) is 12.5. The summed E-state index contributed by atoms with van der Waals surface area (Å²) in [5, 5.41) is 3.75. The lowest BCUT2D eigenvalue weighted by atomic mass is 10.0. The minimum absolute atomic E-state index is 0.0200. The number of carbonyl (C=O) groups excluding carboxylic acids is 1. The van der Waals surface area contributed by atoms with E-state index in [-0.39, 0.29) is 4.21 Å². The molecule has 0 spiro atoms. The second kappa shape index (κ2) is 7.77. The maximum atomic E-state index is 13.1. The van der Waals surface area contributed by atoms with Crippen molar-refractivity contribution in [2.24, 2.45) is 5.92 Å². The molecule has 1 unspecified atom stereocenters. The third-order valence-corrected chi connectivity index (χ3v) is 6.32. The van der Waals surface area contributed by atoms with E-state index >= 15 is 0 Å². The number of para-hydroxylation sites is 1. The largest absolute Gasteiger partial charge is 0.418 e. The predicted molar refractivity (Wildman–Crippen MR) is 93.3 cm³/mol. The van der Waals surface area contributed by atoms with Crippen molar-refractivity contribution in [3.05, 3.63) is 47.3 Å². The van der Waals surface area contributed by atoms with Crippen molar-refractivity contribution >= 4 is 33.0 Å². The van der Waals surface area contributed by atoms with E-state index in [1.54, 1.807) is 25.3 Å². The Hall–Kier alpha value is -1.91. The maximum absolute atomic E-state index is 13.1. The molecule has 2 aromatic rings. The van der Waals surface area contributed by atoms with Gasteiger partial charge in [-0.1, -0.05) is 32.0 Å². The Bertz CT molecular complexity index is 863. The number of hydrogen-bond acceptors (Lipinski definition) is 4. The average molecular weight is 406 g/mol. The van der Waals surface area contributed by atoms with E-state index in [0.717, 1.165) is 23.5 Å². The van der Waals surface area contributed by atoms with Gasteiger partial charge in [0.25, 0.3) is 10.0 Å². The lowest BCUT2D eigenvalue weighted by Crippen LogP contribution is -2.47. The minimum atomic E-state index is -4.65. The van der Waals surface area contributed by atoms with Gasteiger partial charge in [0.2, 0.25) is 5.91 Å². The highest BCUT2D eigenvalue weighted by molar-refractivity contribution is 7.91. The van der Waals surface area contributed by atoms with Crippen LogP contribution in [0.2, 0.25) is 0 Å². The number of amides is 1. The first kappa shape index (κ1) is 20.4. The Labute approximate surface area is 153 Å². The first-order valence-electron chi connectivity index (χ1n) is 7.55. The monoisotopic (exact) mass is 406 g/mol. The molecule has 2 rings (SSSR count). The average Bonchev–Trinajstić information content (AvgIpc) is 3.07. The van der Waals surface area contributed by atoms with Crippen molar-refractivity contribution in [1.82, 2.24) is 4.72 Å². The molecule has 1 aromatic heterocycles. The van der Waals surface area contributed by atoms with Gasteiger partial charge in [-0.05, 0) is 29.5 Å². The zero-order valence-corrected chi connectivity index (χ0v) is 15.5. The Balaban J connectivity index is 2.26. The molecule has 0 bridgehead atoms. The number of anilines is 1. The van der Waals surface area contributed by atoms with Crippen LogP contribution in [0.15, 0.2) is 46.0 Å². The van der Waals surface area contributed by atoms with Crippen LogP contribution < -0.4 is 10.0 Å². The number of benzene rings is 1. The fourth-order valence-corrected chi connectivity index (χ4v) is 4.54. The molecule has 0 saturated carbocycles. The predicted octanol–water partition coefficient (Wildman–Crippen LogP) is 3.71. The van der Waals surface area contributed by atoms with Crippen LogP contribution in [0.3, 0.4) is 0 Å². The van der Waals surface area contributed by atoms with E-state index in [1.807, 2.05) is 0 Å². The fourth-order valence-electron chi connectivity index (χ4n) is 2.18. The zero-order chi connectivity index (χ0) is 19.5. The van der Waals surface area contributed by atoms with Gasteiger partial charge in [-0.3, -0.25) is 4.79 Å². The molecule has 5 nitrogen and oxygen atoms in total. The van der Waals surface area contributed by atoms with E-state index in [2.05, 4.69) is 10.0 Å². The summed E-state index contributed by atoms with van der Waals surface area (Å²) in [5.41, 5.74) is -1.43. The van der Waals surface area contributed by atoms with E-state index in [4.69, 9.17) is 0 Å². The number of rotatable bonds is 6. The number of thiophene rings is 1. The quantitative estimate of drug-likeness (QED) is 0.768. The lowest BCUT2D eigenvalue weighted by molar-refractivity contribution is -0.137. The summed E-state index contributed by atoms with van der Waals surface area (Å²) in [7, 11) is -3.95. The van der Waals surface area contributed by atoms with Gasteiger partial charge in [-0.15, -0.1) is 11.3 Å². The number of halogens is 3. The molecule has 2 N–H and O–H groups in total. The second-order valence-corrected chi connectivity index (χ2v) is 8.70. The van der Waals surface area contributed by atoms with E-state index in [0.29, 0.717) is 0 Å². The highest BCUT2D eigenvalue weighted by Gasteiger charge is 2.35. The van der Waals surface area contributed by atoms with Crippen LogP contribution in [0.25, 0.3) is 0 Å². The first-order valence-corrected chi connectivity index (χ1v) is 9.91. The van der Waals surface area contributed by atoms with E-state index < -0.39 is 45.3 Å². The van der Waals surface area contributed by atoms with Gasteiger partial charge in [0, 0.05) is 0 Å². The van der Waals surface area contributed by atoms with Gasteiger partial charge in [0.1, 0.15) is 10.3 Å². The van der Waals surface area contributed by atoms with E-state index in [9.17, 15) is 26.4 Å². The van der Waals surface area contributed by atoms with Gasteiger partial charge >= 0.3 is 6.18 Å². The van der Waals surface area contributed by atoms with Crippen LogP contribution in [0.4, 0.5) is 18.9 Å². The number of nitrogens with one attached hydrogen (secondary N) is 2. The molecule has 1 heterocycles. The Morgan fingerprint density at radius 3 is 2.31 bits per heavy atom. The van der Waals surface area contributed by atoms with Crippen LogP contribution in [-0.4, -0.2) is 20.4 Å². The van der Waals surface area contributed by atoms with Crippen molar-refractivity contribution in [2.75, 3.05) is 5.32 Å². The van der Waals surface area contributed by atoms with Gasteiger partial charge in [0.15, 0.2) is 0 Å². The SMILES string of the molecule is CC(C)C(NS(=O)(=O)c1cccs1)C(=O)Nc1ccccc1C(F)(F)F. The van der Waals surface area contributed by atoms with Crippen LogP contribution in [0.5, 0.6) is 0 Å². The van der Waals surface area contributed by atoms with Crippen molar-refractivity contribution in [2.45, 2.75) is 30.3 Å². The summed E-state index contributed by atoms with van der Waals surface area (Å²) in [6.45, 7) is 3.19. The van der Waals surface area contributed by atoms with Gasteiger partial charge in [-0.2, -0.15) is 17.9 Å². The molecule has 1 amide bonds. The Kier molecular flexibility index (Phi) is 6.09. The normalized spacial score (nSPS) is 13.6. The smallest absolute Gasteiger partial charge is 0.324 e. The summed E-state index contributed by atoms with van der Waals surface area (Å²) in [6.07, 6.45) is -4.65. The number of sulfonamides is 1. The molecule has 0 saturated heterocycles. The zero-order valence-electron chi connectivity index (χ0n) is 13.9. The highest BCUT2D eigenvalue weighted by Crippen LogP contribution is 2.34. The minimum Gasteiger partial charge on any atom is -0.324 e. The van der Waals surface area contributed by atoms with Crippen LogP contribution >= 0.6 is 11.3 Å². The molecule has 0 aliphatic rings. The molecule has 10 heteroatoms. The topological polar surface area (TPSA) is 75.3 Å². The standard InChI is InChI=1S/C16H17F3N2O3S2/c1-10(2)14(21-26(23,24)13-8-5-9-25-13)15(22)20-12-7-4-3-6-11(12)16(17,18)19/h3-10,14,21H,1-2H3,(H,20,22). The molecular formula is C16H17F3N2O3S2. The molecule has 0 aliphatic carbocycles. The van der Waals surface area contributed by atoms with Crippen LogP contribution in [-0.2, 0) is 21.0 Å². The first-order chi connectivity index (χ1) is 12.0. The van der Waals surface area contributed by atoms with Crippen molar-refractivity contribution in [3.63, 3.8) is 0 Å². The highest BCUT2D eigenvalue weighted by atomic mass is 32.2. The molecule has 142 valence electrons. The third kappa shape index (κ3) is 4.83. The number of hydrogen-bond donors (Lipinski definition) is 2. The molecular weight excluding hydrogens is 389 g/mol. The van der Waals surface area contributed by atoms with Gasteiger partial charge in [0.05, 0.1) is 11.3 Å². The van der Waals surface area contributed by atoms with Gasteiger partial charge < -0.3 is 5.32 Å². The van der Waals surface area contributed by atoms with Crippen molar-refractivity contribution < 1.29 is 26.4 Å². The molecule has 26 heavy (non-hydrogen) atoms. The molecule has 1 aromatic carbocycles. The Morgan fingerprint density at radius 1 is 1.12 bits per heavy atom. The Morgan fingerprint density at radius 2 is 1.77 bits per heavy atom. The number of alkyl halides is 3. The number of carbonyl (C=O) groups is 1. The summed E-state index contributed by atoms with van der Waals surface area (Å²) in [5.74, 6) is -1.35. The second-order valence-electron chi connectivity index (χ2n) is 5.81. The van der Waals surface area contributed by atoms with Crippen molar-refractivity contribution in [1.29, 1.82) is 0 Å². The van der Waals surface area contributed by atoms with Crippen molar-refractivity contribution in [3.8, 4) is 0 Å². The summed E-state index contributed by atoms with van der Waals surface area (Å²) in [6, 6.07) is 6.21. The molecule has 0 radical (unpaired) electrons. The maximum Gasteiger partial charge on any atom is 0.418 e. The molecule has 0 aliphatic heterocycles. The fraction of sp³-hybridized carbons (Fsp3) is 0.312. The third-order valence-electron chi connectivity index (χ3n) is 3.48. The summed E-state index contributed by atoms with van der Waals surface area (Å²) >= 11 is 0.974. The van der Waals surface area contributed by atoms with Crippen LogP contribution in [0.1, 0.15) is 19.4 Å². The van der Waals surface area contributed by atoms with Crippen LogP contribution in [0, 0.1) is 5.92 Å². The summed E-state index contributed by atoms with van der Waals surface area (Å²) < 4.78 is 66.1. The lowest BCUT2D eigenvalue weighted by Gasteiger charge is -2.22. The van der Waals surface area contributed by atoms with E-state index in [1.165, 1.54) is 18.2 Å². The molecule has 1 atom stereocenters.